The average molecular weight is 251 g/mol. The van der Waals surface area contributed by atoms with E-state index in [4.69, 9.17) is 10.8 Å². The predicted molar refractivity (Wildman–Crippen MR) is 69.6 cm³/mol. The number of carbonyl (C=O) groups is 2. The van der Waals surface area contributed by atoms with Gasteiger partial charge in [0.1, 0.15) is 0 Å². The van der Waals surface area contributed by atoms with Crippen LogP contribution in [-0.2, 0) is 9.59 Å². The molecule has 18 heavy (non-hydrogen) atoms. The Kier molecular flexibility index (Phi) is 4.67. The van der Waals surface area contributed by atoms with Crippen LogP contribution < -0.4 is 16.0 Å². The Morgan fingerprint density at radius 1 is 1.33 bits per heavy atom. The molecule has 0 spiro atoms. The van der Waals surface area contributed by atoms with Gasteiger partial charge >= 0.3 is 5.97 Å². The van der Waals surface area contributed by atoms with Crippen molar-refractivity contribution in [2.75, 3.05) is 24.3 Å². The van der Waals surface area contributed by atoms with E-state index in [1.54, 1.807) is 12.1 Å². The largest absolute Gasteiger partial charge is 0.481 e. The van der Waals surface area contributed by atoms with Crippen molar-refractivity contribution in [1.82, 2.24) is 0 Å². The van der Waals surface area contributed by atoms with Crippen LogP contribution in [0.3, 0.4) is 0 Å². The maximum Gasteiger partial charge on any atom is 0.305 e. The second kappa shape index (κ2) is 6.02. The van der Waals surface area contributed by atoms with Gasteiger partial charge in [-0.25, -0.2) is 0 Å². The molecule has 6 nitrogen and oxygen atoms in total. The number of anilines is 2. The number of benzene rings is 1. The van der Waals surface area contributed by atoms with Gasteiger partial charge in [0.2, 0.25) is 5.91 Å². The smallest absolute Gasteiger partial charge is 0.305 e. The van der Waals surface area contributed by atoms with Gasteiger partial charge in [-0.1, -0.05) is 0 Å². The minimum absolute atomic E-state index is 0.387. The van der Waals surface area contributed by atoms with Crippen molar-refractivity contribution in [3.8, 4) is 0 Å². The molecule has 0 saturated heterocycles. The SMILES string of the molecule is CN(C)c1ccc(NC(=O)C(N)CC(=O)O)cc1. The van der Waals surface area contributed by atoms with Gasteiger partial charge in [-0.05, 0) is 24.3 Å². The molecule has 0 radical (unpaired) electrons. The second-order valence-corrected chi connectivity index (χ2v) is 4.13. The molecule has 98 valence electrons. The summed E-state index contributed by atoms with van der Waals surface area (Å²) in [5, 5.41) is 11.1. The topological polar surface area (TPSA) is 95.7 Å². The van der Waals surface area contributed by atoms with Gasteiger partial charge in [-0.3, -0.25) is 9.59 Å². The van der Waals surface area contributed by atoms with Gasteiger partial charge in [-0.15, -0.1) is 0 Å². The Labute approximate surface area is 105 Å². The zero-order valence-electron chi connectivity index (χ0n) is 10.4. The fourth-order valence-corrected chi connectivity index (χ4v) is 1.36. The molecule has 1 unspecified atom stereocenters. The highest BCUT2D eigenvalue weighted by Crippen LogP contribution is 2.15. The van der Waals surface area contributed by atoms with Crippen molar-refractivity contribution >= 4 is 23.3 Å². The molecule has 0 bridgehead atoms. The number of carbonyl (C=O) groups excluding carboxylic acids is 1. The van der Waals surface area contributed by atoms with E-state index in [9.17, 15) is 9.59 Å². The number of hydrogen-bond donors (Lipinski definition) is 3. The first kappa shape index (κ1) is 14.0. The summed E-state index contributed by atoms with van der Waals surface area (Å²) < 4.78 is 0. The van der Waals surface area contributed by atoms with Crippen molar-refractivity contribution in [3.05, 3.63) is 24.3 Å². The van der Waals surface area contributed by atoms with Crippen LogP contribution in [0.2, 0.25) is 0 Å². The number of nitrogens with two attached hydrogens (primary N) is 1. The highest BCUT2D eigenvalue weighted by atomic mass is 16.4. The maximum atomic E-state index is 11.6. The Bertz CT molecular complexity index is 429. The summed E-state index contributed by atoms with van der Waals surface area (Å²) in [5.74, 6) is -1.60. The normalized spacial score (nSPS) is 11.7. The molecular formula is C12H17N3O3. The molecule has 0 saturated carbocycles. The van der Waals surface area contributed by atoms with Gasteiger partial charge in [0.05, 0.1) is 12.5 Å². The molecule has 0 heterocycles. The fraction of sp³-hybridized carbons (Fsp3) is 0.333. The number of nitrogens with zero attached hydrogens (tertiary/aromatic N) is 1. The van der Waals surface area contributed by atoms with Crippen LogP contribution in [0.25, 0.3) is 0 Å². The zero-order chi connectivity index (χ0) is 13.7. The molecule has 1 aromatic carbocycles. The molecular weight excluding hydrogens is 234 g/mol. The number of carboxylic acid groups (broad SMARTS) is 1. The number of rotatable bonds is 5. The Balaban J connectivity index is 2.62. The van der Waals surface area contributed by atoms with E-state index in [0.29, 0.717) is 5.69 Å². The molecule has 0 aliphatic carbocycles. The van der Waals surface area contributed by atoms with Crippen molar-refractivity contribution in [1.29, 1.82) is 0 Å². The van der Waals surface area contributed by atoms with E-state index >= 15 is 0 Å². The molecule has 1 rings (SSSR count). The van der Waals surface area contributed by atoms with Crippen LogP contribution in [0.5, 0.6) is 0 Å². The summed E-state index contributed by atoms with van der Waals surface area (Å²) in [6.45, 7) is 0. The lowest BCUT2D eigenvalue weighted by molar-refractivity contribution is -0.138. The van der Waals surface area contributed by atoms with E-state index in [1.165, 1.54) is 0 Å². The van der Waals surface area contributed by atoms with Crippen LogP contribution in [0.1, 0.15) is 6.42 Å². The van der Waals surface area contributed by atoms with Gasteiger partial charge in [-0.2, -0.15) is 0 Å². The Hall–Kier alpha value is -2.08. The standard InChI is InChI=1S/C12H17N3O3/c1-15(2)9-5-3-8(4-6-9)14-12(18)10(13)7-11(16)17/h3-6,10H,7,13H2,1-2H3,(H,14,18)(H,16,17). The monoisotopic (exact) mass is 251 g/mol. The number of carboxylic acids is 1. The van der Waals surface area contributed by atoms with Crippen molar-refractivity contribution in [2.24, 2.45) is 5.73 Å². The third kappa shape index (κ3) is 4.06. The molecule has 1 aromatic rings. The highest BCUT2D eigenvalue weighted by Gasteiger charge is 2.16. The summed E-state index contributed by atoms with van der Waals surface area (Å²) in [4.78, 5) is 23.9. The lowest BCUT2D eigenvalue weighted by Gasteiger charge is -2.14. The summed E-state index contributed by atoms with van der Waals surface area (Å²) in [7, 11) is 3.83. The van der Waals surface area contributed by atoms with Crippen LogP contribution in [0.15, 0.2) is 24.3 Å². The highest BCUT2D eigenvalue weighted by molar-refractivity contribution is 5.96. The molecule has 6 heteroatoms. The van der Waals surface area contributed by atoms with Crippen LogP contribution in [-0.4, -0.2) is 37.1 Å². The summed E-state index contributed by atoms with van der Waals surface area (Å²) in [6.07, 6.45) is -0.387. The molecule has 0 fully saturated rings. The number of aliphatic carboxylic acids is 1. The second-order valence-electron chi connectivity index (χ2n) is 4.13. The van der Waals surface area contributed by atoms with Gasteiger partial charge in [0.25, 0.3) is 0 Å². The summed E-state index contributed by atoms with van der Waals surface area (Å²) in [6, 6.07) is 6.12. The first-order valence-electron chi connectivity index (χ1n) is 5.46. The molecule has 1 atom stereocenters. The van der Waals surface area contributed by atoms with Gasteiger partial charge < -0.3 is 21.1 Å². The third-order valence-electron chi connectivity index (χ3n) is 2.38. The Morgan fingerprint density at radius 3 is 2.33 bits per heavy atom. The lowest BCUT2D eigenvalue weighted by Crippen LogP contribution is -2.37. The first-order valence-corrected chi connectivity index (χ1v) is 5.46. The van der Waals surface area contributed by atoms with Crippen molar-refractivity contribution in [2.45, 2.75) is 12.5 Å². The molecule has 0 aromatic heterocycles. The van der Waals surface area contributed by atoms with E-state index < -0.39 is 17.9 Å². The minimum Gasteiger partial charge on any atom is -0.481 e. The van der Waals surface area contributed by atoms with E-state index in [-0.39, 0.29) is 6.42 Å². The number of amides is 1. The third-order valence-corrected chi connectivity index (χ3v) is 2.38. The Morgan fingerprint density at radius 2 is 1.89 bits per heavy atom. The fourth-order valence-electron chi connectivity index (χ4n) is 1.36. The van der Waals surface area contributed by atoms with Crippen molar-refractivity contribution < 1.29 is 14.7 Å². The van der Waals surface area contributed by atoms with Gasteiger partial charge in [0, 0.05) is 25.5 Å². The van der Waals surface area contributed by atoms with Crippen LogP contribution in [0, 0.1) is 0 Å². The van der Waals surface area contributed by atoms with Crippen molar-refractivity contribution in [3.63, 3.8) is 0 Å². The molecule has 0 aliphatic rings. The average Bonchev–Trinajstić information content (AvgIpc) is 2.28. The minimum atomic E-state index is -1.10. The van der Waals surface area contributed by atoms with E-state index in [0.717, 1.165) is 5.69 Å². The zero-order valence-corrected chi connectivity index (χ0v) is 10.4. The number of nitrogens with one attached hydrogen (secondary N) is 1. The van der Waals surface area contributed by atoms with E-state index in [1.807, 2.05) is 31.1 Å². The van der Waals surface area contributed by atoms with Crippen LogP contribution >= 0.6 is 0 Å². The van der Waals surface area contributed by atoms with E-state index in [2.05, 4.69) is 5.32 Å². The quantitative estimate of drug-likeness (QED) is 0.708. The lowest BCUT2D eigenvalue weighted by atomic mass is 10.2. The molecule has 1 amide bonds. The predicted octanol–water partition coefficient (Wildman–Crippen LogP) is 0.493. The summed E-state index contributed by atoms with van der Waals surface area (Å²) >= 11 is 0. The molecule has 4 N–H and O–H groups in total. The maximum absolute atomic E-state index is 11.6. The number of hydrogen-bond acceptors (Lipinski definition) is 4. The summed E-state index contributed by atoms with van der Waals surface area (Å²) in [5.41, 5.74) is 7.03. The first-order chi connectivity index (χ1) is 8.40. The molecule has 0 aliphatic heterocycles. The van der Waals surface area contributed by atoms with Gasteiger partial charge in [0.15, 0.2) is 0 Å². The van der Waals surface area contributed by atoms with Crippen LogP contribution in [0.4, 0.5) is 11.4 Å².